The molecule has 118 valence electrons. The van der Waals surface area contributed by atoms with Gasteiger partial charge in [-0.3, -0.25) is 0 Å². The van der Waals surface area contributed by atoms with Gasteiger partial charge in [-0.05, 0) is 26.2 Å². The van der Waals surface area contributed by atoms with Crippen molar-refractivity contribution in [1.29, 1.82) is 0 Å². The molecule has 1 aliphatic heterocycles. The van der Waals surface area contributed by atoms with Gasteiger partial charge in [-0.25, -0.2) is 14.5 Å². The van der Waals surface area contributed by atoms with Gasteiger partial charge >= 0.3 is 6.03 Å². The minimum Gasteiger partial charge on any atom is -0.328 e. The Morgan fingerprint density at radius 3 is 2.52 bits per heavy atom. The summed E-state index contributed by atoms with van der Waals surface area (Å²) < 4.78 is 1.85. The molecule has 0 aliphatic carbocycles. The van der Waals surface area contributed by atoms with Crippen molar-refractivity contribution in [3.8, 4) is 0 Å². The number of carbonyl (C=O) groups is 1. The average molecular weight is 293 g/mol. The highest BCUT2D eigenvalue weighted by Gasteiger charge is 2.21. The summed E-state index contributed by atoms with van der Waals surface area (Å²) in [6, 6.07) is -0.0280. The van der Waals surface area contributed by atoms with Gasteiger partial charge in [0, 0.05) is 19.6 Å². The number of urea groups is 1. The van der Waals surface area contributed by atoms with Crippen LogP contribution in [0.15, 0.2) is 6.33 Å². The van der Waals surface area contributed by atoms with Gasteiger partial charge in [0.25, 0.3) is 0 Å². The summed E-state index contributed by atoms with van der Waals surface area (Å²) in [6.45, 7) is 6.59. The first-order valence-electron chi connectivity index (χ1n) is 8.19. The van der Waals surface area contributed by atoms with E-state index in [0.717, 1.165) is 44.7 Å². The zero-order valence-corrected chi connectivity index (χ0v) is 13.2. The standard InChI is InChI=1S/C15H27N5O/c1-3-13(14-16-12-17-20(14)4-2)18-15(21)19-10-8-6-5-7-9-11-19/h12-13H,3-11H2,1-2H3,(H,18,21)/t13-/m1/s1. The lowest BCUT2D eigenvalue weighted by Crippen LogP contribution is -2.43. The molecule has 1 fully saturated rings. The molecule has 0 spiro atoms. The molecule has 1 aromatic rings. The predicted octanol–water partition coefficient (Wildman–Crippen LogP) is 2.72. The number of nitrogens with zero attached hydrogens (tertiary/aromatic N) is 4. The number of rotatable bonds is 4. The quantitative estimate of drug-likeness (QED) is 0.928. The lowest BCUT2D eigenvalue weighted by molar-refractivity contribution is 0.187. The zero-order chi connectivity index (χ0) is 15.1. The Morgan fingerprint density at radius 2 is 1.90 bits per heavy atom. The number of amides is 2. The zero-order valence-electron chi connectivity index (χ0n) is 13.2. The van der Waals surface area contributed by atoms with Crippen LogP contribution in [0.5, 0.6) is 0 Å². The van der Waals surface area contributed by atoms with Crippen molar-refractivity contribution in [3.63, 3.8) is 0 Å². The Labute approximate surface area is 126 Å². The van der Waals surface area contributed by atoms with Crippen LogP contribution >= 0.6 is 0 Å². The molecule has 1 atom stereocenters. The first kappa shape index (κ1) is 15.8. The fourth-order valence-electron chi connectivity index (χ4n) is 2.83. The summed E-state index contributed by atoms with van der Waals surface area (Å²) in [5.74, 6) is 0.848. The molecular weight excluding hydrogens is 266 g/mol. The van der Waals surface area contributed by atoms with Crippen LogP contribution in [0.3, 0.4) is 0 Å². The van der Waals surface area contributed by atoms with Gasteiger partial charge in [-0.1, -0.05) is 26.2 Å². The lowest BCUT2D eigenvalue weighted by Gasteiger charge is -2.27. The summed E-state index contributed by atoms with van der Waals surface area (Å²) in [5, 5.41) is 7.32. The minimum absolute atomic E-state index is 0.0365. The fraction of sp³-hybridized carbons (Fsp3) is 0.800. The Bertz CT molecular complexity index is 437. The van der Waals surface area contributed by atoms with E-state index < -0.39 is 0 Å². The minimum atomic E-state index is -0.0645. The van der Waals surface area contributed by atoms with Gasteiger partial charge in [-0.15, -0.1) is 0 Å². The van der Waals surface area contributed by atoms with Crippen molar-refractivity contribution in [1.82, 2.24) is 25.0 Å². The number of hydrogen-bond donors (Lipinski definition) is 1. The van der Waals surface area contributed by atoms with Crippen LogP contribution in [-0.2, 0) is 6.54 Å². The van der Waals surface area contributed by atoms with Crippen molar-refractivity contribution >= 4 is 6.03 Å². The summed E-state index contributed by atoms with van der Waals surface area (Å²) in [5.41, 5.74) is 0. The normalized spacial score (nSPS) is 17.9. The van der Waals surface area contributed by atoms with Crippen molar-refractivity contribution in [2.24, 2.45) is 0 Å². The second kappa shape index (κ2) is 8.00. The van der Waals surface area contributed by atoms with Crippen LogP contribution < -0.4 is 5.32 Å². The first-order chi connectivity index (χ1) is 10.3. The van der Waals surface area contributed by atoms with Crippen LogP contribution in [0.1, 0.15) is 64.2 Å². The highest BCUT2D eigenvalue weighted by Crippen LogP contribution is 2.16. The monoisotopic (exact) mass is 293 g/mol. The number of carbonyl (C=O) groups excluding carboxylic acids is 1. The molecule has 0 aromatic carbocycles. The van der Waals surface area contributed by atoms with E-state index in [1.165, 1.54) is 19.3 Å². The van der Waals surface area contributed by atoms with Gasteiger partial charge in [-0.2, -0.15) is 5.10 Å². The van der Waals surface area contributed by atoms with E-state index >= 15 is 0 Å². The maximum Gasteiger partial charge on any atom is 0.317 e. The van der Waals surface area contributed by atoms with Crippen molar-refractivity contribution in [2.75, 3.05) is 13.1 Å². The third-order valence-electron chi connectivity index (χ3n) is 4.11. The summed E-state index contributed by atoms with van der Waals surface area (Å²) >= 11 is 0. The number of hydrogen-bond acceptors (Lipinski definition) is 3. The Morgan fingerprint density at radius 1 is 1.24 bits per heavy atom. The van der Waals surface area contributed by atoms with Crippen LogP contribution in [0.4, 0.5) is 4.79 Å². The summed E-state index contributed by atoms with van der Waals surface area (Å²) in [4.78, 5) is 18.7. The number of aromatic nitrogens is 3. The largest absolute Gasteiger partial charge is 0.328 e. The molecule has 2 rings (SSSR count). The molecule has 2 amide bonds. The van der Waals surface area contributed by atoms with Gasteiger partial charge in [0.1, 0.15) is 12.2 Å². The smallest absolute Gasteiger partial charge is 0.317 e. The maximum atomic E-state index is 12.5. The van der Waals surface area contributed by atoms with Crippen molar-refractivity contribution < 1.29 is 4.79 Å². The SMILES string of the molecule is CC[C@@H](NC(=O)N1CCCCCCC1)c1ncnn1CC. The van der Waals surface area contributed by atoms with Gasteiger partial charge in [0.2, 0.25) is 0 Å². The Balaban J connectivity index is 1.98. The fourth-order valence-corrected chi connectivity index (χ4v) is 2.83. The molecular formula is C15H27N5O. The van der Waals surface area contributed by atoms with Gasteiger partial charge in [0.15, 0.2) is 0 Å². The molecule has 2 heterocycles. The molecule has 21 heavy (non-hydrogen) atoms. The highest BCUT2D eigenvalue weighted by molar-refractivity contribution is 5.74. The molecule has 0 bridgehead atoms. The van der Waals surface area contributed by atoms with E-state index in [4.69, 9.17) is 0 Å². The first-order valence-corrected chi connectivity index (χ1v) is 8.19. The molecule has 0 unspecified atom stereocenters. The van der Waals surface area contributed by atoms with Crippen LogP contribution in [0.25, 0.3) is 0 Å². The molecule has 1 aromatic heterocycles. The number of aryl methyl sites for hydroxylation is 1. The van der Waals surface area contributed by atoms with Crippen LogP contribution in [0.2, 0.25) is 0 Å². The third-order valence-corrected chi connectivity index (χ3v) is 4.11. The maximum absolute atomic E-state index is 12.5. The highest BCUT2D eigenvalue weighted by atomic mass is 16.2. The molecule has 0 saturated carbocycles. The Hall–Kier alpha value is -1.59. The van der Waals surface area contributed by atoms with E-state index in [1.54, 1.807) is 6.33 Å². The molecule has 6 nitrogen and oxygen atoms in total. The average Bonchev–Trinajstić information content (AvgIpc) is 2.92. The summed E-state index contributed by atoms with van der Waals surface area (Å²) in [6.07, 6.45) is 8.34. The number of nitrogens with one attached hydrogen (secondary N) is 1. The third kappa shape index (κ3) is 4.19. The second-order valence-corrected chi connectivity index (χ2v) is 5.60. The second-order valence-electron chi connectivity index (χ2n) is 5.60. The van der Waals surface area contributed by atoms with E-state index in [1.807, 2.05) is 16.5 Å². The lowest BCUT2D eigenvalue weighted by atomic mass is 10.1. The molecule has 1 N–H and O–H groups in total. The molecule has 1 saturated heterocycles. The van der Waals surface area contributed by atoms with Crippen molar-refractivity contribution in [2.45, 2.75) is 65.0 Å². The molecule has 0 radical (unpaired) electrons. The summed E-state index contributed by atoms with van der Waals surface area (Å²) in [7, 11) is 0. The van der Waals surface area contributed by atoms with E-state index in [2.05, 4.69) is 22.3 Å². The van der Waals surface area contributed by atoms with Gasteiger partial charge in [0.05, 0.1) is 6.04 Å². The van der Waals surface area contributed by atoms with E-state index in [-0.39, 0.29) is 12.1 Å². The predicted molar refractivity (Wildman–Crippen MR) is 81.9 cm³/mol. The Kier molecular flexibility index (Phi) is 6.02. The molecule has 6 heteroatoms. The van der Waals surface area contributed by atoms with Crippen LogP contribution in [-0.4, -0.2) is 38.8 Å². The van der Waals surface area contributed by atoms with Crippen molar-refractivity contribution in [3.05, 3.63) is 12.2 Å². The van der Waals surface area contributed by atoms with Crippen LogP contribution in [0, 0.1) is 0 Å². The van der Waals surface area contributed by atoms with E-state index in [0.29, 0.717) is 0 Å². The molecule has 1 aliphatic rings. The van der Waals surface area contributed by atoms with Gasteiger partial charge < -0.3 is 10.2 Å². The van der Waals surface area contributed by atoms with E-state index in [9.17, 15) is 4.79 Å². The topological polar surface area (TPSA) is 63.1 Å². The number of likely N-dealkylation sites (tertiary alicyclic amines) is 1.